The largest absolute Gasteiger partial charge is 0.480 e. The first-order valence-electron chi connectivity index (χ1n) is 3.93. The first kappa shape index (κ1) is 14.9. The molecule has 0 fully saturated rings. The van der Waals surface area contributed by atoms with Gasteiger partial charge in [-0.2, -0.15) is 0 Å². The number of rotatable bonds is 3. The van der Waals surface area contributed by atoms with Crippen molar-refractivity contribution in [2.45, 2.75) is 12.5 Å². The van der Waals surface area contributed by atoms with Crippen LogP contribution >= 0.6 is 44.3 Å². The molecule has 3 nitrogen and oxygen atoms in total. The van der Waals surface area contributed by atoms with Crippen LogP contribution in [0.4, 0.5) is 0 Å². The molecular weight excluding hydrogens is 349 g/mol. The van der Waals surface area contributed by atoms with Gasteiger partial charge in [0.1, 0.15) is 6.04 Å². The summed E-state index contributed by atoms with van der Waals surface area (Å²) in [7, 11) is 0. The molecule has 0 spiro atoms. The molecule has 0 heterocycles. The molecule has 0 aliphatic rings. The van der Waals surface area contributed by atoms with Gasteiger partial charge in [-0.25, -0.2) is 0 Å². The van der Waals surface area contributed by atoms with Crippen molar-refractivity contribution in [1.29, 1.82) is 0 Å². The van der Waals surface area contributed by atoms with E-state index in [1.54, 1.807) is 0 Å². The third-order valence-electron chi connectivity index (χ3n) is 1.77. The molecule has 0 saturated heterocycles. The van der Waals surface area contributed by atoms with Crippen LogP contribution in [0.15, 0.2) is 27.1 Å². The summed E-state index contributed by atoms with van der Waals surface area (Å²) in [6.07, 6.45) is 0.323. The molecule has 1 aromatic carbocycles. The predicted octanol–water partition coefficient (Wildman–Crippen LogP) is 2.59. The van der Waals surface area contributed by atoms with Gasteiger partial charge in [0.2, 0.25) is 0 Å². The molecule has 0 saturated carbocycles. The van der Waals surface area contributed by atoms with E-state index in [0.717, 1.165) is 14.5 Å². The highest BCUT2D eigenvalue weighted by atomic mass is 79.9. The van der Waals surface area contributed by atoms with E-state index in [9.17, 15) is 4.79 Å². The quantitative estimate of drug-likeness (QED) is 0.872. The zero-order valence-electron chi connectivity index (χ0n) is 7.61. The average Bonchev–Trinajstić information content (AvgIpc) is 2.09. The number of carboxylic acid groups (broad SMARTS) is 1. The molecule has 0 amide bonds. The van der Waals surface area contributed by atoms with Crippen LogP contribution in [0.3, 0.4) is 0 Å². The maximum Gasteiger partial charge on any atom is 0.320 e. The molecule has 1 atom stereocenters. The second kappa shape index (κ2) is 6.48. The van der Waals surface area contributed by atoms with Gasteiger partial charge in [-0.05, 0) is 24.1 Å². The Morgan fingerprint density at radius 2 is 2.07 bits per heavy atom. The van der Waals surface area contributed by atoms with E-state index in [1.165, 1.54) is 0 Å². The summed E-state index contributed by atoms with van der Waals surface area (Å²) in [5.74, 6) is -0.986. The van der Waals surface area contributed by atoms with Crippen LogP contribution in [0.25, 0.3) is 0 Å². The van der Waals surface area contributed by atoms with Gasteiger partial charge >= 0.3 is 5.97 Å². The normalized spacial score (nSPS) is 11.7. The summed E-state index contributed by atoms with van der Waals surface area (Å²) in [6, 6.07) is 4.71. The van der Waals surface area contributed by atoms with E-state index >= 15 is 0 Å². The van der Waals surface area contributed by atoms with Gasteiger partial charge in [0.25, 0.3) is 0 Å². The Balaban J connectivity index is 0.00000196. The van der Waals surface area contributed by atoms with Crippen molar-refractivity contribution < 1.29 is 9.90 Å². The Bertz CT molecular complexity index is 360. The Hall–Kier alpha value is -0.100. The fourth-order valence-corrected chi connectivity index (χ4v) is 2.22. The van der Waals surface area contributed by atoms with Crippen molar-refractivity contribution in [2.24, 2.45) is 5.73 Å². The molecule has 1 rings (SSSR count). The lowest BCUT2D eigenvalue weighted by Crippen LogP contribution is -2.32. The highest BCUT2D eigenvalue weighted by Crippen LogP contribution is 2.22. The Morgan fingerprint density at radius 1 is 1.47 bits per heavy atom. The van der Waals surface area contributed by atoms with Crippen LogP contribution < -0.4 is 5.73 Å². The maximum atomic E-state index is 10.5. The van der Waals surface area contributed by atoms with E-state index in [2.05, 4.69) is 31.9 Å². The minimum absolute atomic E-state index is 0. The highest BCUT2D eigenvalue weighted by molar-refractivity contribution is 9.11. The number of carboxylic acids is 1. The Morgan fingerprint density at radius 3 is 2.53 bits per heavy atom. The number of aliphatic carboxylic acids is 1. The molecule has 1 unspecified atom stereocenters. The van der Waals surface area contributed by atoms with Crippen molar-refractivity contribution >= 4 is 50.2 Å². The van der Waals surface area contributed by atoms with Crippen molar-refractivity contribution in [3.05, 3.63) is 32.7 Å². The second-order valence-electron chi connectivity index (χ2n) is 2.88. The number of nitrogens with two attached hydrogens (primary N) is 1. The molecule has 84 valence electrons. The summed E-state index contributed by atoms with van der Waals surface area (Å²) in [5, 5.41) is 8.64. The summed E-state index contributed by atoms with van der Waals surface area (Å²) >= 11 is 6.66. The van der Waals surface area contributed by atoms with Crippen molar-refractivity contribution in [1.82, 2.24) is 0 Å². The molecule has 1 aromatic rings. The molecule has 15 heavy (non-hydrogen) atoms. The van der Waals surface area contributed by atoms with E-state index in [0.29, 0.717) is 6.42 Å². The summed E-state index contributed by atoms with van der Waals surface area (Å²) in [6.45, 7) is 0. The van der Waals surface area contributed by atoms with Gasteiger partial charge in [-0.15, -0.1) is 12.4 Å². The molecule has 0 aliphatic heterocycles. The minimum Gasteiger partial charge on any atom is -0.480 e. The van der Waals surface area contributed by atoms with Gasteiger partial charge in [0.05, 0.1) is 0 Å². The number of halogens is 3. The molecule has 6 heteroatoms. The molecule has 0 bridgehead atoms. The van der Waals surface area contributed by atoms with Crippen molar-refractivity contribution in [2.75, 3.05) is 0 Å². The SMILES string of the molecule is Cl.NC(Cc1ccc(Br)cc1Br)C(=O)O. The Labute approximate surface area is 111 Å². The molecular formula is C9H10Br2ClNO2. The van der Waals surface area contributed by atoms with Crippen LogP contribution in [0, 0.1) is 0 Å². The third-order valence-corrected chi connectivity index (χ3v) is 3.00. The third kappa shape index (κ3) is 4.51. The number of carbonyl (C=O) groups is 1. The molecule has 0 aromatic heterocycles. The Kier molecular flexibility index (Phi) is 6.43. The highest BCUT2D eigenvalue weighted by Gasteiger charge is 2.13. The van der Waals surface area contributed by atoms with Crippen molar-refractivity contribution in [3.63, 3.8) is 0 Å². The lowest BCUT2D eigenvalue weighted by molar-refractivity contribution is -0.138. The van der Waals surface area contributed by atoms with Crippen LogP contribution in [0.5, 0.6) is 0 Å². The lowest BCUT2D eigenvalue weighted by atomic mass is 10.1. The lowest BCUT2D eigenvalue weighted by Gasteiger charge is -2.08. The topological polar surface area (TPSA) is 63.3 Å². The smallest absolute Gasteiger partial charge is 0.320 e. The van der Waals surface area contributed by atoms with E-state index < -0.39 is 12.0 Å². The van der Waals surface area contributed by atoms with Crippen LogP contribution in [0.1, 0.15) is 5.56 Å². The minimum atomic E-state index is -0.986. The average molecular weight is 359 g/mol. The van der Waals surface area contributed by atoms with Gasteiger partial charge in [0, 0.05) is 8.95 Å². The number of benzene rings is 1. The first-order valence-corrected chi connectivity index (χ1v) is 5.51. The fraction of sp³-hybridized carbons (Fsp3) is 0.222. The summed E-state index contributed by atoms with van der Waals surface area (Å²) < 4.78 is 1.81. The monoisotopic (exact) mass is 357 g/mol. The van der Waals surface area contributed by atoms with Gasteiger partial charge in [-0.1, -0.05) is 37.9 Å². The zero-order chi connectivity index (χ0) is 10.7. The maximum absolute atomic E-state index is 10.5. The molecule has 3 N–H and O–H groups in total. The van der Waals surface area contributed by atoms with E-state index in [-0.39, 0.29) is 12.4 Å². The second-order valence-corrected chi connectivity index (χ2v) is 4.65. The van der Waals surface area contributed by atoms with Crippen LogP contribution in [-0.2, 0) is 11.2 Å². The van der Waals surface area contributed by atoms with E-state index in [1.807, 2.05) is 18.2 Å². The predicted molar refractivity (Wildman–Crippen MR) is 68.4 cm³/mol. The zero-order valence-corrected chi connectivity index (χ0v) is 11.6. The first-order chi connectivity index (χ1) is 6.50. The van der Waals surface area contributed by atoms with Crippen LogP contribution in [0.2, 0.25) is 0 Å². The van der Waals surface area contributed by atoms with Crippen LogP contribution in [-0.4, -0.2) is 17.1 Å². The standard InChI is InChI=1S/C9H9Br2NO2.ClH/c10-6-2-1-5(7(11)4-6)3-8(12)9(13)14;/h1-2,4,8H,3,12H2,(H,13,14);1H. The van der Waals surface area contributed by atoms with Crippen molar-refractivity contribution in [3.8, 4) is 0 Å². The number of hydrogen-bond donors (Lipinski definition) is 2. The van der Waals surface area contributed by atoms with E-state index in [4.69, 9.17) is 10.8 Å². The summed E-state index contributed by atoms with van der Waals surface area (Å²) in [5.41, 5.74) is 6.32. The number of hydrogen-bond acceptors (Lipinski definition) is 2. The summed E-state index contributed by atoms with van der Waals surface area (Å²) in [4.78, 5) is 10.5. The van der Waals surface area contributed by atoms with Gasteiger partial charge in [-0.3, -0.25) is 4.79 Å². The van der Waals surface area contributed by atoms with Gasteiger partial charge < -0.3 is 10.8 Å². The molecule has 0 aliphatic carbocycles. The fourth-order valence-electron chi connectivity index (χ4n) is 1.01. The van der Waals surface area contributed by atoms with Gasteiger partial charge in [0.15, 0.2) is 0 Å². The molecule has 0 radical (unpaired) electrons.